The highest BCUT2D eigenvalue weighted by Crippen LogP contribution is 2.24. The Morgan fingerprint density at radius 1 is 0.750 bits per heavy atom. The molecule has 0 aliphatic rings. The first kappa shape index (κ1) is 28.3. The van der Waals surface area contributed by atoms with Gasteiger partial charge in [-0.3, -0.25) is 14.4 Å². The molecule has 4 rings (SSSR count). The summed E-state index contributed by atoms with van der Waals surface area (Å²) in [4.78, 5) is 39.2. The molecule has 2 amide bonds. The van der Waals surface area contributed by atoms with Gasteiger partial charge in [0.05, 0.1) is 34.7 Å². The van der Waals surface area contributed by atoms with Crippen LogP contribution in [-0.4, -0.2) is 38.9 Å². The number of carbonyl (C=O) groups excluding carboxylic acids is 3. The number of sulfone groups is 1. The molecule has 4 aromatic rings. The van der Waals surface area contributed by atoms with Crippen molar-refractivity contribution in [3.63, 3.8) is 0 Å². The minimum absolute atomic E-state index is 0.0832. The lowest BCUT2D eigenvalue weighted by molar-refractivity contribution is -0.115. The number of anilines is 2. The van der Waals surface area contributed by atoms with Crippen LogP contribution >= 0.6 is 0 Å². The standard InChI is InChI=1S/C31H28N2O6S/c1-21-12-17-28(26(20-21)30(35)22-8-4-3-5-9-22)33-31(36)25-10-6-7-11-27(25)32-29(34)18-19-40(37,38)24-15-13-23(39-2)14-16-24/h3-17,20H,18-19H2,1-2H3,(H,32,34)(H,33,36). The van der Waals surface area contributed by atoms with Gasteiger partial charge in [-0.1, -0.05) is 54.1 Å². The number of methoxy groups -OCH3 is 1. The second-order valence-electron chi connectivity index (χ2n) is 9.04. The monoisotopic (exact) mass is 556 g/mol. The van der Waals surface area contributed by atoms with Crippen LogP contribution in [0.15, 0.2) is 102 Å². The zero-order valence-electron chi connectivity index (χ0n) is 22.0. The van der Waals surface area contributed by atoms with Gasteiger partial charge < -0.3 is 15.4 Å². The molecule has 0 aliphatic heterocycles. The number of carbonyl (C=O) groups is 3. The van der Waals surface area contributed by atoms with Crippen molar-refractivity contribution in [1.29, 1.82) is 0 Å². The van der Waals surface area contributed by atoms with E-state index in [1.807, 2.05) is 13.0 Å². The Kier molecular flexibility index (Phi) is 8.76. The maximum atomic E-state index is 13.3. The first-order valence-electron chi connectivity index (χ1n) is 12.5. The molecule has 0 saturated carbocycles. The molecule has 0 spiro atoms. The van der Waals surface area contributed by atoms with Gasteiger partial charge in [0, 0.05) is 17.5 Å². The van der Waals surface area contributed by atoms with Crippen LogP contribution < -0.4 is 15.4 Å². The quantitative estimate of drug-likeness (QED) is 0.256. The highest BCUT2D eigenvalue weighted by molar-refractivity contribution is 7.91. The molecular formula is C31H28N2O6S. The van der Waals surface area contributed by atoms with E-state index in [0.717, 1.165) is 5.56 Å². The minimum atomic E-state index is -3.71. The summed E-state index contributed by atoms with van der Waals surface area (Å²) in [6.07, 6.45) is -0.308. The molecule has 8 nitrogen and oxygen atoms in total. The Labute approximate surface area is 232 Å². The van der Waals surface area contributed by atoms with Gasteiger partial charge in [0.2, 0.25) is 5.91 Å². The summed E-state index contributed by atoms with van der Waals surface area (Å²) in [7, 11) is -2.22. The molecule has 0 radical (unpaired) electrons. The summed E-state index contributed by atoms with van der Waals surface area (Å²) in [6.45, 7) is 1.85. The molecule has 0 aromatic heterocycles. The van der Waals surface area contributed by atoms with Gasteiger partial charge in [-0.15, -0.1) is 0 Å². The van der Waals surface area contributed by atoms with Gasteiger partial charge in [0.25, 0.3) is 5.91 Å². The van der Waals surface area contributed by atoms with Crippen LogP contribution in [0.1, 0.15) is 38.3 Å². The molecule has 204 valence electrons. The first-order chi connectivity index (χ1) is 19.2. The number of rotatable bonds is 10. The molecule has 0 fully saturated rings. The minimum Gasteiger partial charge on any atom is -0.497 e. The maximum absolute atomic E-state index is 13.3. The van der Waals surface area contributed by atoms with Gasteiger partial charge in [-0.05, 0) is 55.5 Å². The van der Waals surface area contributed by atoms with Crippen LogP contribution in [0.25, 0.3) is 0 Å². The lowest BCUT2D eigenvalue weighted by atomic mass is 9.99. The molecule has 0 heterocycles. The zero-order valence-corrected chi connectivity index (χ0v) is 22.8. The van der Waals surface area contributed by atoms with Crippen LogP contribution in [0.5, 0.6) is 5.75 Å². The molecule has 0 aliphatic carbocycles. The summed E-state index contributed by atoms with van der Waals surface area (Å²) < 4.78 is 30.4. The van der Waals surface area contributed by atoms with Crippen LogP contribution in [0.3, 0.4) is 0 Å². The molecule has 2 N–H and O–H groups in total. The summed E-state index contributed by atoms with van der Waals surface area (Å²) in [6, 6.07) is 26.2. The van der Waals surface area contributed by atoms with E-state index in [4.69, 9.17) is 4.74 Å². The van der Waals surface area contributed by atoms with E-state index in [0.29, 0.717) is 22.6 Å². The topological polar surface area (TPSA) is 119 Å². The lowest BCUT2D eigenvalue weighted by Crippen LogP contribution is -2.21. The lowest BCUT2D eigenvalue weighted by Gasteiger charge is -2.14. The van der Waals surface area contributed by atoms with Crippen LogP contribution in [0.4, 0.5) is 11.4 Å². The molecular weight excluding hydrogens is 528 g/mol. The second-order valence-corrected chi connectivity index (χ2v) is 11.1. The van der Waals surface area contributed by atoms with Crippen molar-refractivity contribution in [2.24, 2.45) is 0 Å². The van der Waals surface area contributed by atoms with Crippen LogP contribution in [0, 0.1) is 6.92 Å². The van der Waals surface area contributed by atoms with Crippen LogP contribution in [-0.2, 0) is 14.6 Å². The Morgan fingerprint density at radius 2 is 1.40 bits per heavy atom. The van der Waals surface area contributed by atoms with Gasteiger partial charge >= 0.3 is 0 Å². The third-order valence-electron chi connectivity index (χ3n) is 6.17. The molecule has 9 heteroatoms. The highest BCUT2D eigenvalue weighted by Gasteiger charge is 2.20. The van der Waals surface area contributed by atoms with Crippen molar-refractivity contribution in [1.82, 2.24) is 0 Å². The highest BCUT2D eigenvalue weighted by atomic mass is 32.2. The Morgan fingerprint density at radius 3 is 2.10 bits per heavy atom. The van der Waals surface area contributed by atoms with Gasteiger partial charge in [-0.25, -0.2) is 8.42 Å². The Hall–Kier alpha value is -4.76. The predicted octanol–water partition coefficient (Wildman–Crippen LogP) is 5.29. The van der Waals surface area contributed by atoms with E-state index >= 15 is 0 Å². The molecule has 0 unspecified atom stereocenters. The van der Waals surface area contributed by atoms with E-state index in [9.17, 15) is 22.8 Å². The number of aryl methyl sites for hydroxylation is 1. The number of benzene rings is 4. The number of nitrogens with one attached hydrogen (secondary N) is 2. The van der Waals surface area contributed by atoms with Gasteiger partial charge in [0.1, 0.15) is 5.75 Å². The largest absolute Gasteiger partial charge is 0.497 e. The number of hydrogen-bond acceptors (Lipinski definition) is 6. The van der Waals surface area contributed by atoms with E-state index in [2.05, 4.69) is 10.6 Å². The number of para-hydroxylation sites is 1. The fourth-order valence-electron chi connectivity index (χ4n) is 4.02. The normalized spacial score (nSPS) is 10.9. The Bertz CT molecular complexity index is 1650. The molecule has 0 saturated heterocycles. The summed E-state index contributed by atoms with van der Waals surface area (Å²) in [5, 5.41) is 5.43. The van der Waals surface area contributed by atoms with Crippen molar-refractivity contribution >= 4 is 38.8 Å². The van der Waals surface area contributed by atoms with Crippen molar-refractivity contribution < 1.29 is 27.5 Å². The maximum Gasteiger partial charge on any atom is 0.257 e. The number of amides is 2. The fraction of sp³-hybridized carbons (Fsp3) is 0.129. The number of ketones is 1. The van der Waals surface area contributed by atoms with E-state index in [1.54, 1.807) is 60.7 Å². The molecule has 0 atom stereocenters. The average Bonchev–Trinajstić information content (AvgIpc) is 2.97. The van der Waals surface area contributed by atoms with Gasteiger partial charge in [0.15, 0.2) is 15.6 Å². The Balaban J connectivity index is 1.48. The zero-order chi connectivity index (χ0) is 28.7. The molecule has 0 bridgehead atoms. The van der Waals surface area contributed by atoms with Crippen molar-refractivity contribution in [2.75, 3.05) is 23.5 Å². The van der Waals surface area contributed by atoms with Crippen molar-refractivity contribution in [3.8, 4) is 5.75 Å². The number of ether oxygens (including phenoxy) is 1. The molecule has 4 aromatic carbocycles. The third kappa shape index (κ3) is 6.81. The fourth-order valence-corrected chi connectivity index (χ4v) is 5.26. The van der Waals surface area contributed by atoms with Crippen molar-refractivity contribution in [3.05, 3.63) is 119 Å². The summed E-state index contributed by atoms with van der Waals surface area (Å²) in [5.74, 6) is -1.22. The van der Waals surface area contributed by atoms with Gasteiger partial charge in [-0.2, -0.15) is 0 Å². The van der Waals surface area contributed by atoms with Crippen molar-refractivity contribution in [2.45, 2.75) is 18.2 Å². The SMILES string of the molecule is COc1ccc(S(=O)(=O)CCC(=O)Nc2ccccc2C(=O)Nc2ccc(C)cc2C(=O)c2ccccc2)cc1. The molecule has 40 heavy (non-hydrogen) atoms. The van der Waals surface area contributed by atoms with E-state index < -0.39 is 27.4 Å². The smallest absolute Gasteiger partial charge is 0.257 e. The second kappa shape index (κ2) is 12.4. The first-order valence-corrected chi connectivity index (χ1v) is 14.1. The van der Waals surface area contributed by atoms with E-state index in [-0.39, 0.29) is 28.4 Å². The summed E-state index contributed by atoms with van der Waals surface area (Å²) in [5.41, 5.74) is 2.39. The summed E-state index contributed by atoms with van der Waals surface area (Å²) >= 11 is 0. The van der Waals surface area contributed by atoms with Crippen LogP contribution in [0.2, 0.25) is 0 Å². The predicted molar refractivity (Wildman–Crippen MR) is 154 cm³/mol. The number of hydrogen-bond donors (Lipinski definition) is 2. The van der Waals surface area contributed by atoms with E-state index in [1.165, 1.54) is 37.4 Å². The third-order valence-corrected chi connectivity index (χ3v) is 7.90. The average molecular weight is 557 g/mol.